The highest BCUT2D eigenvalue weighted by molar-refractivity contribution is 5.85. The van der Waals surface area contributed by atoms with Gasteiger partial charge in [-0.05, 0) is 62.1 Å². The van der Waals surface area contributed by atoms with Crippen LogP contribution in [0.4, 0.5) is 0 Å². The molecule has 1 amide bonds. The number of hydrogen-bond acceptors (Lipinski definition) is 3. The first kappa shape index (κ1) is 18.2. The summed E-state index contributed by atoms with van der Waals surface area (Å²) >= 11 is 0. The summed E-state index contributed by atoms with van der Waals surface area (Å²) in [7, 11) is 0. The third-order valence-corrected chi connectivity index (χ3v) is 6.27. The standard InChI is InChI=1S/C23H26N4O2/c28-21(14-27-22(29)13-15-7-2-1-3-10-18(15)26-27)24-20-12-6-9-17-16-8-4-5-11-19(16)25-23(17)20/h4-5,8,11,13,20,25H,1-3,6-7,9-10,12,14H2,(H,24,28). The molecule has 0 saturated carbocycles. The molecule has 0 bridgehead atoms. The van der Waals surface area contributed by atoms with Crippen LogP contribution in [0.3, 0.4) is 0 Å². The molecule has 2 N–H and O–H groups in total. The number of aryl methyl sites for hydroxylation is 3. The number of rotatable bonds is 3. The minimum absolute atomic E-state index is 0.0296. The molecule has 0 radical (unpaired) electrons. The van der Waals surface area contributed by atoms with E-state index in [0.29, 0.717) is 0 Å². The molecule has 1 aromatic carbocycles. The molecule has 1 unspecified atom stereocenters. The molecule has 150 valence electrons. The fourth-order valence-electron chi connectivity index (χ4n) is 4.83. The molecule has 2 heterocycles. The van der Waals surface area contributed by atoms with Gasteiger partial charge in [0, 0.05) is 22.7 Å². The van der Waals surface area contributed by atoms with Gasteiger partial charge in [0.25, 0.3) is 5.56 Å². The molecule has 0 fully saturated rings. The van der Waals surface area contributed by atoms with Crippen molar-refractivity contribution in [2.75, 3.05) is 0 Å². The second kappa shape index (κ2) is 7.50. The molecule has 2 aliphatic carbocycles. The number of benzene rings is 1. The van der Waals surface area contributed by atoms with E-state index < -0.39 is 0 Å². The van der Waals surface area contributed by atoms with Crippen molar-refractivity contribution in [3.05, 3.63) is 63.2 Å². The zero-order valence-corrected chi connectivity index (χ0v) is 16.5. The van der Waals surface area contributed by atoms with Gasteiger partial charge in [-0.15, -0.1) is 0 Å². The van der Waals surface area contributed by atoms with E-state index in [1.165, 1.54) is 22.1 Å². The van der Waals surface area contributed by atoms with Crippen LogP contribution in [0, 0.1) is 0 Å². The van der Waals surface area contributed by atoms with Crippen molar-refractivity contribution >= 4 is 16.8 Å². The van der Waals surface area contributed by atoms with E-state index in [4.69, 9.17) is 0 Å². The lowest BCUT2D eigenvalue weighted by Gasteiger charge is -2.24. The van der Waals surface area contributed by atoms with E-state index in [0.717, 1.165) is 67.4 Å². The summed E-state index contributed by atoms with van der Waals surface area (Å²) in [5, 5.41) is 8.90. The molecule has 0 saturated heterocycles. The largest absolute Gasteiger partial charge is 0.356 e. The number of nitrogens with one attached hydrogen (secondary N) is 2. The maximum absolute atomic E-state index is 12.8. The van der Waals surface area contributed by atoms with Crippen molar-refractivity contribution in [2.45, 2.75) is 64.0 Å². The van der Waals surface area contributed by atoms with Crippen molar-refractivity contribution in [1.82, 2.24) is 20.1 Å². The predicted octanol–water partition coefficient (Wildman–Crippen LogP) is 3.19. The Kier molecular flexibility index (Phi) is 4.70. The summed E-state index contributed by atoms with van der Waals surface area (Å²) in [6, 6.07) is 9.91. The van der Waals surface area contributed by atoms with Gasteiger partial charge in [0.15, 0.2) is 0 Å². The molecule has 6 heteroatoms. The summed E-state index contributed by atoms with van der Waals surface area (Å²) in [5.41, 5.74) is 5.37. The summed E-state index contributed by atoms with van der Waals surface area (Å²) < 4.78 is 1.33. The molecule has 29 heavy (non-hydrogen) atoms. The van der Waals surface area contributed by atoms with Gasteiger partial charge in [-0.1, -0.05) is 24.6 Å². The molecule has 2 aromatic heterocycles. The Morgan fingerprint density at radius 3 is 2.93 bits per heavy atom. The topological polar surface area (TPSA) is 79.8 Å². The number of H-pyrrole nitrogens is 1. The molecule has 0 spiro atoms. The van der Waals surface area contributed by atoms with Crippen LogP contribution in [0.15, 0.2) is 35.1 Å². The fourth-order valence-corrected chi connectivity index (χ4v) is 4.83. The lowest BCUT2D eigenvalue weighted by atomic mass is 9.91. The highest BCUT2D eigenvalue weighted by Gasteiger charge is 2.25. The molecular weight excluding hydrogens is 364 g/mol. The van der Waals surface area contributed by atoms with Crippen molar-refractivity contribution in [1.29, 1.82) is 0 Å². The number of carbonyl (C=O) groups excluding carboxylic acids is 1. The van der Waals surface area contributed by atoms with Gasteiger partial charge in [0.05, 0.1) is 11.7 Å². The number of aromatic nitrogens is 3. The first-order valence-electron chi connectivity index (χ1n) is 10.7. The Morgan fingerprint density at radius 1 is 1.14 bits per heavy atom. The van der Waals surface area contributed by atoms with E-state index in [2.05, 4.69) is 33.6 Å². The fraction of sp³-hybridized carbons (Fsp3) is 0.435. The van der Waals surface area contributed by atoms with E-state index in [9.17, 15) is 9.59 Å². The predicted molar refractivity (Wildman–Crippen MR) is 112 cm³/mol. The van der Waals surface area contributed by atoms with Crippen LogP contribution in [-0.2, 0) is 30.6 Å². The van der Waals surface area contributed by atoms with Gasteiger partial charge in [0.1, 0.15) is 6.54 Å². The van der Waals surface area contributed by atoms with E-state index in [1.807, 2.05) is 6.07 Å². The van der Waals surface area contributed by atoms with Crippen LogP contribution in [0.2, 0.25) is 0 Å². The molecule has 5 rings (SSSR count). The Balaban J connectivity index is 1.36. The first-order valence-corrected chi connectivity index (χ1v) is 10.7. The maximum atomic E-state index is 12.8. The second-order valence-electron chi connectivity index (χ2n) is 8.25. The van der Waals surface area contributed by atoms with Crippen LogP contribution in [-0.4, -0.2) is 20.7 Å². The smallest absolute Gasteiger partial charge is 0.267 e. The molecule has 6 nitrogen and oxygen atoms in total. The number of para-hydroxylation sites is 1. The minimum Gasteiger partial charge on any atom is -0.356 e. The van der Waals surface area contributed by atoms with Crippen molar-refractivity contribution < 1.29 is 4.79 Å². The van der Waals surface area contributed by atoms with Gasteiger partial charge < -0.3 is 10.3 Å². The monoisotopic (exact) mass is 390 g/mol. The van der Waals surface area contributed by atoms with Crippen LogP contribution in [0.5, 0.6) is 0 Å². The zero-order chi connectivity index (χ0) is 19.8. The number of nitrogens with zero attached hydrogens (tertiary/aromatic N) is 2. The first-order chi connectivity index (χ1) is 14.2. The van der Waals surface area contributed by atoms with Gasteiger partial charge in [-0.3, -0.25) is 9.59 Å². The maximum Gasteiger partial charge on any atom is 0.267 e. The van der Waals surface area contributed by atoms with Crippen LogP contribution in [0.1, 0.15) is 60.7 Å². The number of fused-ring (bicyclic) bond motifs is 4. The van der Waals surface area contributed by atoms with E-state index in [1.54, 1.807) is 6.07 Å². The third-order valence-electron chi connectivity index (χ3n) is 6.27. The highest BCUT2D eigenvalue weighted by atomic mass is 16.2. The van der Waals surface area contributed by atoms with Gasteiger partial charge in [-0.25, -0.2) is 4.68 Å². The van der Waals surface area contributed by atoms with Crippen molar-refractivity contribution in [3.8, 4) is 0 Å². The normalized spacial score (nSPS) is 18.7. The van der Waals surface area contributed by atoms with Crippen molar-refractivity contribution in [2.24, 2.45) is 0 Å². The Hall–Kier alpha value is -2.89. The molecule has 0 aliphatic heterocycles. The quantitative estimate of drug-likeness (QED) is 0.674. The summed E-state index contributed by atoms with van der Waals surface area (Å²) in [6.07, 6.45) is 8.13. The Bertz CT molecular complexity index is 1130. The van der Waals surface area contributed by atoms with Crippen LogP contribution < -0.4 is 10.9 Å². The average molecular weight is 390 g/mol. The second-order valence-corrected chi connectivity index (χ2v) is 8.25. The van der Waals surface area contributed by atoms with Gasteiger partial charge in [0.2, 0.25) is 5.91 Å². The average Bonchev–Trinajstić information content (AvgIpc) is 2.95. The number of carbonyl (C=O) groups is 1. The minimum atomic E-state index is -0.184. The van der Waals surface area contributed by atoms with Gasteiger partial charge in [-0.2, -0.15) is 5.10 Å². The van der Waals surface area contributed by atoms with E-state index in [-0.39, 0.29) is 24.1 Å². The number of amides is 1. The Morgan fingerprint density at radius 2 is 2.00 bits per heavy atom. The lowest BCUT2D eigenvalue weighted by molar-refractivity contribution is -0.122. The van der Waals surface area contributed by atoms with Gasteiger partial charge >= 0.3 is 0 Å². The number of aromatic amines is 1. The molecular formula is C23H26N4O2. The lowest BCUT2D eigenvalue weighted by Crippen LogP contribution is -2.37. The number of hydrogen-bond donors (Lipinski definition) is 2. The van der Waals surface area contributed by atoms with Crippen LogP contribution >= 0.6 is 0 Å². The Labute approximate surface area is 169 Å². The molecule has 1 atom stereocenters. The van der Waals surface area contributed by atoms with E-state index >= 15 is 0 Å². The van der Waals surface area contributed by atoms with Crippen molar-refractivity contribution in [3.63, 3.8) is 0 Å². The molecule has 2 aliphatic rings. The van der Waals surface area contributed by atoms with Crippen LogP contribution in [0.25, 0.3) is 10.9 Å². The summed E-state index contributed by atoms with van der Waals surface area (Å²) in [5.74, 6) is -0.162. The highest BCUT2D eigenvalue weighted by Crippen LogP contribution is 2.34. The molecule has 3 aromatic rings. The third kappa shape index (κ3) is 3.48. The zero-order valence-electron chi connectivity index (χ0n) is 16.5. The summed E-state index contributed by atoms with van der Waals surface area (Å²) in [4.78, 5) is 28.7. The SMILES string of the molecule is O=C(Cn1nc2c(cc1=O)CCCCC2)NC1CCCc2c1[nH]c1ccccc21. The summed E-state index contributed by atoms with van der Waals surface area (Å²) in [6.45, 7) is -0.0296.